The van der Waals surface area contributed by atoms with Crippen LogP contribution in [0.15, 0.2) is 5.38 Å². The van der Waals surface area contributed by atoms with Crippen LogP contribution in [0, 0.1) is 25.2 Å². The first-order valence-corrected chi connectivity index (χ1v) is 8.22. The first-order valence-electron chi connectivity index (χ1n) is 6.52. The Labute approximate surface area is 125 Å². The van der Waals surface area contributed by atoms with Gasteiger partial charge in [0.2, 0.25) is 0 Å². The van der Waals surface area contributed by atoms with Gasteiger partial charge in [0, 0.05) is 15.1 Å². The van der Waals surface area contributed by atoms with E-state index in [0.29, 0.717) is 16.1 Å². The van der Waals surface area contributed by atoms with Crippen LogP contribution in [0.5, 0.6) is 0 Å². The van der Waals surface area contributed by atoms with Crippen LogP contribution < -0.4 is 5.32 Å². The summed E-state index contributed by atoms with van der Waals surface area (Å²) in [4.78, 5) is 14.8. The number of fused-ring (bicyclic) bond motifs is 1. The van der Waals surface area contributed by atoms with Crippen LogP contribution in [0.3, 0.4) is 0 Å². The Morgan fingerprint density at radius 1 is 1.40 bits per heavy atom. The van der Waals surface area contributed by atoms with Crippen molar-refractivity contribution in [2.75, 3.05) is 5.32 Å². The van der Waals surface area contributed by atoms with E-state index in [1.165, 1.54) is 4.88 Å². The molecule has 0 atom stereocenters. The first-order chi connectivity index (χ1) is 9.61. The van der Waals surface area contributed by atoms with Gasteiger partial charge >= 0.3 is 0 Å². The van der Waals surface area contributed by atoms with Gasteiger partial charge in [0.1, 0.15) is 11.1 Å². The molecule has 0 saturated heterocycles. The summed E-state index contributed by atoms with van der Waals surface area (Å²) >= 11 is 3.14. The zero-order valence-electron chi connectivity index (χ0n) is 11.4. The van der Waals surface area contributed by atoms with Crippen molar-refractivity contribution in [2.24, 2.45) is 0 Å². The topological polar surface area (TPSA) is 52.9 Å². The molecule has 0 bridgehead atoms. The minimum absolute atomic E-state index is 0.108. The predicted octanol–water partition coefficient (Wildman–Crippen LogP) is 4.04. The molecule has 2 aromatic rings. The highest BCUT2D eigenvalue weighted by atomic mass is 32.1. The van der Waals surface area contributed by atoms with Gasteiger partial charge < -0.3 is 5.32 Å². The molecule has 0 saturated carbocycles. The van der Waals surface area contributed by atoms with E-state index in [1.807, 2.05) is 19.2 Å². The number of nitrogens with zero attached hydrogens (tertiary/aromatic N) is 1. The maximum absolute atomic E-state index is 12.3. The number of amides is 1. The SMILES string of the molecule is Cc1scc(C(=O)Nc2sc3c(c2C#N)CCC3)c1C. The normalized spacial score (nSPS) is 13.1. The standard InChI is InChI=1S/C15H14N2OS2/c1-8-9(2)19-7-12(8)14(18)17-15-11(6-16)10-4-3-5-13(10)20-15/h7H,3-5H2,1-2H3,(H,17,18). The molecule has 1 N–H and O–H groups in total. The van der Waals surface area contributed by atoms with Gasteiger partial charge in [-0.2, -0.15) is 5.26 Å². The van der Waals surface area contributed by atoms with Crippen molar-refractivity contribution in [3.05, 3.63) is 37.4 Å². The molecule has 0 radical (unpaired) electrons. The van der Waals surface area contributed by atoms with Gasteiger partial charge in [-0.05, 0) is 44.2 Å². The van der Waals surface area contributed by atoms with Crippen molar-refractivity contribution in [1.82, 2.24) is 0 Å². The number of nitrogens with one attached hydrogen (secondary N) is 1. The average Bonchev–Trinajstić information content (AvgIpc) is 3.06. The number of hydrogen-bond acceptors (Lipinski definition) is 4. The first kappa shape index (κ1) is 13.3. The molecule has 0 unspecified atom stereocenters. The third-order valence-corrected chi connectivity index (χ3v) is 6.01. The fourth-order valence-electron chi connectivity index (χ4n) is 2.52. The highest BCUT2D eigenvalue weighted by molar-refractivity contribution is 7.16. The van der Waals surface area contributed by atoms with Crippen molar-refractivity contribution in [2.45, 2.75) is 33.1 Å². The van der Waals surface area contributed by atoms with Crippen molar-refractivity contribution in [1.29, 1.82) is 5.26 Å². The number of carbonyl (C=O) groups is 1. The lowest BCUT2D eigenvalue weighted by Crippen LogP contribution is -2.12. The summed E-state index contributed by atoms with van der Waals surface area (Å²) in [5, 5.41) is 14.8. The Morgan fingerprint density at radius 2 is 2.20 bits per heavy atom. The van der Waals surface area contributed by atoms with Crippen LogP contribution in [-0.2, 0) is 12.8 Å². The minimum atomic E-state index is -0.108. The Hall–Kier alpha value is -1.64. The average molecular weight is 302 g/mol. The summed E-state index contributed by atoms with van der Waals surface area (Å²) in [6.07, 6.45) is 3.11. The molecule has 2 aromatic heterocycles. The third-order valence-electron chi connectivity index (χ3n) is 3.79. The van der Waals surface area contributed by atoms with E-state index >= 15 is 0 Å². The summed E-state index contributed by atoms with van der Waals surface area (Å²) in [7, 11) is 0. The molecule has 1 aliphatic rings. The molecule has 0 aliphatic heterocycles. The van der Waals surface area contributed by atoms with Crippen molar-refractivity contribution < 1.29 is 4.79 Å². The molecule has 102 valence electrons. The minimum Gasteiger partial charge on any atom is -0.312 e. The monoisotopic (exact) mass is 302 g/mol. The molecule has 1 aliphatic carbocycles. The number of anilines is 1. The molecular formula is C15H14N2OS2. The van der Waals surface area contributed by atoms with Crippen LogP contribution >= 0.6 is 22.7 Å². The van der Waals surface area contributed by atoms with Crippen LogP contribution in [0.4, 0.5) is 5.00 Å². The fraction of sp³-hybridized carbons (Fsp3) is 0.333. The zero-order valence-corrected chi connectivity index (χ0v) is 13.0. The van der Waals surface area contributed by atoms with Gasteiger partial charge in [-0.15, -0.1) is 22.7 Å². The van der Waals surface area contributed by atoms with Gasteiger partial charge in [-0.1, -0.05) is 0 Å². The summed E-state index contributed by atoms with van der Waals surface area (Å²) in [6, 6.07) is 2.25. The van der Waals surface area contributed by atoms with E-state index in [1.54, 1.807) is 22.7 Å². The quantitative estimate of drug-likeness (QED) is 0.910. The van der Waals surface area contributed by atoms with E-state index in [9.17, 15) is 10.1 Å². The molecule has 1 amide bonds. The van der Waals surface area contributed by atoms with E-state index < -0.39 is 0 Å². The Bertz CT molecular complexity index is 734. The van der Waals surface area contributed by atoms with E-state index in [4.69, 9.17) is 0 Å². The van der Waals surface area contributed by atoms with Gasteiger partial charge in [0.15, 0.2) is 0 Å². The lowest BCUT2D eigenvalue weighted by molar-refractivity contribution is 0.102. The van der Waals surface area contributed by atoms with Crippen LogP contribution in [0.25, 0.3) is 0 Å². The zero-order chi connectivity index (χ0) is 14.3. The molecule has 0 spiro atoms. The van der Waals surface area contributed by atoms with Crippen molar-refractivity contribution in [3.8, 4) is 6.07 Å². The number of nitriles is 1. The van der Waals surface area contributed by atoms with Crippen LogP contribution in [0.1, 0.15) is 43.2 Å². The molecule has 20 heavy (non-hydrogen) atoms. The third kappa shape index (κ3) is 2.05. The second kappa shape index (κ2) is 5.04. The summed E-state index contributed by atoms with van der Waals surface area (Å²) in [6.45, 7) is 3.97. The summed E-state index contributed by atoms with van der Waals surface area (Å²) in [5.41, 5.74) is 3.55. The molecule has 0 aromatic carbocycles. The molecular weight excluding hydrogens is 288 g/mol. The number of rotatable bonds is 2. The van der Waals surface area contributed by atoms with Crippen LogP contribution in [0.2, 0.25) is 0 Å². The fourth-order valence-corrected chi connectivity index (χ4v) is 4.62. The van der Waals surface area contributed by atoms with E-state index in [0.717, 1.165) is 35.3 Å². The maximum atomic E-state index is 12.3. The van der Waals surface area contributed by atoms with Crippen molar-refractivity contribution >= 4 is 33.6 Å². The van der Waals surface area contributed by atoms with Crippen LogP contribution in [-0.4, -0.2) is 5.91 Å². The second-order valence-corrected chi connectivity index (χ2v) is 7.15. The van der Waals surface area contributed by atoms with E-state index in [-0.39, 0.29) is 5.91 Å². The lowest BCUT2D eigenvalue weighted by Gasteiger charge is -2.04. The lowest BCUT2D eigenvalue weighted by atomic mass is 10.1. The Balaban J connectivity index is 1.91. The number of carbonyl (C=O) groups excluding carboxylic acids is 1. The molecule has 5 heteroatoms. The van der Waals surface area contributed by atoms with Gasteiger partial charge in [0.05, 0.1) is 11.1 Å². The second-order valence-electron chi connectivity index (χ2n) is 4.96. The van der Waals surface area contributed by atoms with Crippen molar-refractivity contribution in [3.63, 3.8) is 0 Å². The number of hydrogen-bond donors (Lipinski definition) is 1. The Kier molecular flexibility index (Phi) is 3.36. The van der Waals surface area contributed by atoms with Gasteiger partial charge in [-0.3, -0.25) is 4.79 Å². The highest BCUT2D eigenvalue weighted by Crippen LogP contribution is 2.38. The van der Waals surface area contributed by atoms with Gasteiger partial charge in [-0.25, -0.2) is 0 Å². The molecule has 2 heterocycles. The number of aryl methyl sites for hydroxylation is 2. The predicted molar refractivity (Wildman–Crippen MR) is 82.8 cm³/mol. The Morgan fingerprint density at radius 3 is 2.85 bits per heavy atom. The summed E-state index contributed by atoms with van der Waals surface area (Å²) < 4.78 is 0. The highest BCUT2D eigenvalue weighted by Gasteiger charge is 2.24. The smallest absolute Gasteiger partial charge is 0.257 e. The van der Waals surface area contributed by atoms with Gasteiger partial charge in [0.25, 0.3) is 5.91 Å². The molecule has 3 rings (SSSR count). The molecule has 3 nitrogen and oxygen atoms in total. The molecule has 0 fully saturated rings. The maximum Gasteiger partial charge on any atom is 0.257 e. The number of thiophene rings is 2. The largest absolute Gasteiger partial charge is 0.312 e. The van der Waals surface area contributed by atoms with E-state index in [2.05, 4.69) is 11.4 Å². The summed E-state index contributed by atoms with van der Waals surface area (Å²) in [5.74, 6) is -0.108.